The van der Waals surface area contributed by atoms with E-state index in [4.69, 9.17) is 5.11 Å². The minimum Gasteiger partial charge on any atom is -0.477 e. The summed E-state index contributed by atoms with van der Waals surface area (Å²) in [6.07, 6.45) is -0.514. The number of carbonyl (C=O) groups is 1. The van der Waals surface area contributed by atoms with E-state index in [-0.39, 0.29) is 37.6 Å². The highest BCUT2D eigenvalue weighted by atomic mass is 19.3. The van der Waals surface area contributed by atoms with Crippen LogP contribution in [0.3, 0.4) is 0 Å². The first-order valence-electron chi connectivity index (χ1n) is 5.59. The van der Waals surface area contributed by atoms with Crippen LogP contribution in [-0.4, -0.2) is 40.1 Å². The number of carboxylic acids is 1. The summed E-state index contributed by atoms with van der Waals surface area (Å²) in [6, 6.07) is 1.35. The summed E-state index contributed by atoms with van der Waals surface area (Å²) in [5, 5.41) is 8.89. The highest BCUT2D eigenvalue weighted by molar-refractivity contribution is 5.85. The second-order valence-electron chi connectivity index (χ2n) is 4.34. The van der Waals surface area contributed by atoms with Crippen LogP contribution in [0.1, 0.15) is 29.0 Å². The molecule has 1 aliphatic heterocycles. The molecule has 1 aromatic rings. The van der Waals surface area contributed by atoms with Crippen LogP contribution < -0.4 is 4.90 Å². The normalized spacial score (nSPS) is 18.7. The third-order valence-electron chi connectivity index (χ3n) is 2.84. The number of piperidine rings is 1. The zero-order valence-corrected chi connectivity index (χ0v) is 9.86. The second-order valence-corrected chi connectivity index (χ2v) is 4.34. The lowest BCUT2D eigenvalue weighted by Gasteiger charge is -2.31. The van der Waals surface area contributed by atoms with Crippen LogP contribution in [0.25, 0.3) is 0 Å². The van der Waals surface area contributed by atoms with Gasteiger partial charge in [-0.05, 0) is 13.0 Å². The maximum atomic E-state index is 13.0. The van der Waals surface area contributed by atoms with E-state index in [2.05, 4.69) is 9.97 Å². The van der Waals surface area contributed by atoms with Gasteiger partial charge in [-0.2, -0.15) is 0 Å². The molecular weight excluding hydrogens is 244 g/mol. The van der Waals surface area contributed by atoms with Crippen molar-refractivity contribution >= 4 is 11.9 Å². The minimum absolute atomic E-state index is 0.116. The number of anilines is 1. The molecule has 0 spiro atoms. The van der Waals surface area contributed by atoms with Gasteiger partial charge in [0.2, 0.25) is 5.95 Å². The molecule has 0 unspecified atom stereocenters. The van der Waals surface area contributed by atoms with Gasteiger partial charge in [-0.15, -0.1) is 0 Å². The van der Waals surface area contributed by atoms with Gasteiger partial charge in [-0.3, -0.25) is 0 Å². The zero-order chi connectivity index (χ0) is 13.3. The van der Waals surface area contributed by atoms with Crippen molar-refractivity contribution in [2.75, 3.05) is 18.0 Å². The number of carboxylic acid groups (broad SMARTS) is 1. The van der Waals surface area contributed by atoms with Gasteiger partial charge in [0, 0.05) is 31.6 Å². The molecule has 0 bridgehead atoms. The molecule has 2 heterocycles. The fourth-order valence-corrected chi connectivity index (χ4v) is 1.84. The third-order valence-corrected chi connectivity index (χ3v) is 2.84. The third kappa shape index (κ3) is 2.72. The molecule has 0 radical (unpaired) electrons. The first kappa shape index (κ1) is 12.7. The van der Waals surface area contributed by atoms with E-state index < -0.39 is 11.9 Å². The molecule has 1 aliphatic rings. The lowest BCUT2D eigenvalue weighted by atomic mass is 10.1. The predicted molar refractivity (Wildman–Crippen MR) is 60.1 cm³/mol. The Morgan fingerprint density at radius 1 is 1.39 bits per heavy atom. The Morgan fingerprint density at radius 2 is 2.00 bits per heavy atom. The Bertz CT molecular complexity index is 469. The van der Waals surface area contributed by atoms with Gasteiger partial charge < -0.3 is 10.0 Å². The van der Waals surface area contributed by atoms with Crippen molar-refractivity contribution in [3.05, 3.63) is 17.5 Å². The zero-order valence-electron chi connectivity index (χ0n) is 9.86. The fourth-order valence-electron chi connectivity index (χ4n) is 1.84. The van der Waals surface area contributed by atoms with E-state index in [1.54, 1.807) is 11.8 Å². The Balaban J connectivity index is 2.21. The maximum absolute atomic E-state index is 13.0. The first-order valence-corrected chi connectivity index (χ1v) is 5.59. The summed E-state index contributed by atoms with van der Waals surface area (Å²) in [5.41, 5.74) is 0.393. The average molecular weight is 257 g/mol. The summed E-state index contributed by atoms with van der Waals surface area (Å²) in [5.74, 6) is -3.58. The molecule has 98 valence electrons. The SMILES string of the molecule is Cc1cc(C(=O)O)nc(N2CCC(F)(F)CC2)n1. The molecule has 18 heavy (non-hydrogen) atoms. The molecule has 7 heteroatoms. The van der Waals surface area contributed by atoms with Crippen LogP contribution in [0.5, 0.6) is 0 Å². The number of halogens is 2. The van der Waals surface area contributed by atoms with Crippen molar-refractivity contribution in [2.45, 2.75) is 25.7 Å². The summed E-state index contributed by atoms with van der Waals surface area (Å²) < 4.78 is 26.0. The van der Waals surface area contributed by atoms with Crippen LogP contribution in [-0.2, 0) is 0 Å². The maximum Gasteiger partial charge on any atom is 0.354 e. The van der Waals surface area contributed by atoms with Gasteiger partial charge in [0.25, 0.3) is 5.92 Å². The lowest BCUT2D eigenvalue weighted by molar-refractivity contribution is -0.0222. The van der Waals surface area contributed by atoms with Gasteiger partial charge in [0.15, 0.2) is 5.69 Å². The van der Waals surface area contributed by atoms with Gasteiger partial charge in [-0.1, -0.05) is 0 Å². The lowest BCUT2D eigenvalue weighted by Crippen LogP contribution is -2.40. The summed E-state index contributed by atoms with van der Waals surface area (Å²) in [6.45, 7) is 1.92. The molecule has 0 saturated carbocycles. The molecule has 1 fully saturated rings. The largest absolute Gasteiger partial charge is 0.477 e. The van der Waals surface area contributed by atoms with Crippen LogP contribution >= 0.6 is 0 Å². The number of rotatable bonds is 2. The number of aromatic carboxylic acids is 1. The second kappa shape index (κ2) is 4.47. The smallest absolute Gasteiger partial charge is 0.354 e. The van der Waals surface area contributed by atoms with Gasteiger partial charge >= 0.3 is 5.97 Å². The molecule has 0 amide bonds. The highest BCUT2D eigenvalue weighted by Crippen LogP contribution is 2.29. The van der Waals surface area contributed by atoms with Gasteiger partial charge in [0.05, 0.1) is 0 Å². The van der Waals surface area contributed by atoms with Crippen LogP contribution in [0.4, 0.5) is 14.7 Å². The Hall–Kier alpha value is -1.79. The van der Waals surface area contributed by atoms with E-state index in [0.29, 0.717) is 5.69 Å². The standard InChI is InChI=1S/C11H13F2N3O2/c1-7-6-8(9(17)18)15-10(14-7)16-4-2-11(12,13)3-5-16/h6H,2-5H2,1H3,(H,17,18). The Morgan fingerprint density at radius 3 is 2.56 bits per heavy atom. The molecule has 0 atom stereocenters. The van der Waals surface area contributed by atoms with E-state index in [0.717, 1.165) is 0 Å². The van der Waals surface area contributed by atoms with E-state index in [1.807, 2.05) is 0 Å². The number of alkyl halides is 2. The van der Waals surface area contributed by atoms with E-state index >= 15 is 0 Å². The Kier molecular flexibility index (Phi) is 3.14. The van der Waals surface area contributed by atoms with Crippen molar-refractivity contribution in [1.82, 2.24) is 9.97 Å². The molecule has 1 saturated heterocycles. The number of nitrogens with zero attached hydrogens (tertiary/aromatic N) is 3. The van der Waals surface area contributed by atoms with E-state index in [1.165, 1.54) is 6.07 Å². The molecule has 1 N–H and O–H groups in total. The monoisotopic (exact) mass is 257 g/mol. The van der Waals surface area contributed by atoms with Crippen LogP contribution in [0.15, 0.2) is 6.07 Å². The Labute approximate surface area is 102 Å². The van der Waals surface area contributed by atoms with Crippen LogP contribution in [0.2, 0.25) is 0 Å². The molecule has 5 nitrogen and oxygen atoms in total. The number of hydrogen-bond donors (Lipinski definition) is 1. The van der Waals surface area contributed by atoms with Crippen molar-refractivity contribution in [2.24, 2.45) is 0 Å². The number of aryl methyl sites for hydroxylation is 1. The minimum atomic E-state index is -2.64. The predicted octanol–water partition coefficient (Wildman–Crippen LogP) is 1.72. The molecule has 2 rings (SSSR count). The van der Waals surface area contributed by atoms with Crippen molar-refractivity contribution < 1.29 is 18.7 Å². The fraction of sp³-hybridized carbons (Fsp3) is 0.545. The van der Waals surface area contributed by atoms with Gasteiger partial charge in [0.1, 0.15) is 0 Å². The van der Waals surface area contributed by atoms with E-state index in [9.17, 15) is 13.6 Å². The van der Waals surface area contributed by atoms with Crippen molar-refractivity contribution in [3.63, 3.8) is 0 Å². The van der Waals surface area contributed by atoms with Crippen LogP contribution in [0, 0.1) is 6.92 Å². The summed E-state index contributed by atoms with van der Waals surface area (Å²) in [7, 11) is 0. The first-order chi connectivity index (χ1) is 8.37. The number of hydrogen-bond acceptors (Lipinski definition) is 4. The summed E-state index contributed by atoms with van der Waals surface area (Å²) >= 11 is 0. The van der Waals surface area contributed by atoms with Gasteiger partial charge in [-0.25, -0.2) is 23.5 Å². The van der Waals surface area contributed by atoms with Crippen molar-refractivity contribution in [3.8, 4) is 0 Å². The molecule has 0 aliphatic carbocycles. The topological polar surface area (TPSA) is 66.3 Å². The molecular formula is C11H13F2N3O2. The summed E-state index contributed by atoms with van der Waals surface area (Å²) in [4.78, 5) is 20.4. The van der Waals surface area contributed by atoms with Crippen molar-refractivity contribution in [1.29, 1.82) is 0 Å². The molecule has 1 aromatic heterocycles. The average Bonchev–Trinajstić information content (AvgIpc) is 2.28. The number of aromatic nitrogens is 2. The highest BCUT2D eigenvalue weighted by Gasteiger charge is 2.34. The molecule has 0 aromatic carbocycles. The quantitative estimate of drug-likeness (QED) is 0.873.